The van der Waals surface area contributed by atoms with Gasteiger partial charge in [0.1, 0.15) is 0 Å². The number of morpholine rings is 1. The normalized spacial score (nSPS) is 18.0. The zero-order valence-corrected chi connectivity index (χ0v) is 14.0. The number of benzene rings is 1. The minimum Gasteiger partial charge on any atom is -0.377 e. The lowest BCUT2D eigenvalue weighted by Gasteiger charge is -2.35. The maximum atomic E-state index is 12.6. The molecule has 1 aliphatic rings. The van der Waals surface area contributed by atoms with Crippen LogP contribution in [0.1, 0.15) is 26.2 Å². The second kappa shape index (κ2) is 7.57. The monoisotopic (exact) mass is 329 g/mol. The molecular weight excluding hydrogens is 306 g/mol. The SMILES string of the molecule is CCCC1COCCN1C(=O)CCn1cnc2ccccc2c1=O. The number of para-hydroxylation sites is 1. The minimum absolute atomic E-state index is 0.0804. The van der Waals surface area contributed by atoms with E-state index in [1.165, 1.54) is 10.9 Å². The number of carbonyl (C=O) groups excluding carboxylic acids is 1. The molecule has 0 aliphatic carbocycles. The molecule has 1 aliphatic heterocycles. The van der Waals surface area contributed by atoms with E-state index in [-0.39, 0.29) is 17.5 Å². The van der Waals surface area contributed by atoms with Gasteiger partial charge in [0, 0.05) is 19.5 Å². The molecule has 0 spiro atoms. The van der Waals surface area contributed by atoms with Crippen molar-refractivity contribution in [3.63, 3.8) is 0 Å². The number of nitrogens with zero attached hydrogens (tertiary/aromatic N) is 3. The molecule has 1 saturated heterocycles. The van der Waals surface area contributed by atoms with Gasteiger partial charge < -0.3 is 9.64 Å². The fourth-order valence-corrected chi connectivity index (χ4v) is 3.18. The van der Waals surface area contributed by atoms with Gasteiger partial charge in [-0.1, -0.05) is 25.5 Å². The summed E-state index contributed by atoms with van der Waals surface area (Å²) in [5.41, 5.74) is 0.585. The molecule has 1 aromatic heterocycles. The number of hydrogen-bond donors (Lipinski definition) is 0. The highest BCUT2D eigenvalue weighted by Crippen LogP contribution is 2.14. The second-order valence-corrected chi connectivity index (χ2v) is 6.11. The highest BCUT2D eigenvalue weighted by molar-refractivity contribution is 5.78. The van der Waals surface area contributed by atoms with E-state index in [1.54, 1.807) is 6.07 Å². The molecule has 0 bridgehead atoms. The molecule has 2 heterocycles. The molecule has 1 aromatic carbocycles. The van der Waals surface area contributed by atoms with Crippen molar-refractivity contribution in [2.75, 3.05) is 19.8 Å². The van der Waals surface area contributed by atoms with Crippen LogP contribution in [0.15, 0.2) is 35.4 Å². The van der Waals surface area contributed by atoms with Crippen LogP contribution in [0.3, 0.4) is 0 Å². The standard InChI is InChI=1S/C18H23N3O3/c1-2-5-14-12-24-11-10-21(14)17(22)8-9-20-13-19-16-7-4-3-6-15(16)18(20)23/h3-4,6-7,13-14H,2,5,8-12H2,1H3. The third-order valence-electron chi connectivity index (χ3n) is 4.47. The minimum atomic E-state index is -0.0968. The molecule has 6 nitrogen and oxygen atoms in total. The van der Waals surface area contributed by atoms with Crippen LogP contribution in [0.5, 0.6) is 0 Å². The van der Waals surface area contributed by atoms with Crippen LogP contribution in [-0.4, -0.2) is 46.2 Å². The third kappa shape index (κ3) is 3.48. The Morgan fingerprint density at radius 2 is 2.21 bits per heavy atom. The largest absolute Gasteiger partial charge is 0.377 e. The molecule has 128 valence electrons. The Balaban J connectivity index is 1.70. The van der Waals surface area contributed by atoms with E-state index >= 15 is 0 Å². The van der Waals surface area contributed by atoms with Gasteiger partial charge >= 0.3 is 0 Å². The van der Waals surface area contributed by atoms with E-state index in [4.69, 9.17) is 4.74 Å². The topological polar surface area (TPSA) is 64.4 Å². The van der Waals surface area contributed by atoms with Crippen molar-refractivity contribution < 1.29 is 9.53 Å². The summed E-state index contributed by atoms with van der Waals surface area (Å²) in [6, 6.07) is 7.42. The maximum absolute atomic E-state index is 12.6. The van der Waals surface area contributed by atoms with Gasteiger partial charge in [-0.05, 0) is 18.6 Å². The summed E-state index contributed by atoms with van der Waals surface area (Å²) < 4.78 is 7.01. The molecular formula is C18H23N3O3. The number of aryl methyl sites for hydroxylation is 1. The van der Waals surface area contributed by atoms with E-state index in [0.717, 1.165) is 12.8 Å². The number of amides is 1. The summed E-state index contributed by atoms with van der Waals surface area (Å²) in [5.74, 6) is 0.0804. The van der Waals surface area contributed by atoms with Crippen LogP contribution in [0.2, 0.25) is 0 Å². The zero-order valence-electron chi connectivity index (χ0n) is 14.0. The van der Waals surface area contributed by atoms with E-state index in [1.807, 2.05) is 23.1 Å². The summed E-state index contributed by atoms with van der Waals surface area (Å²) in [6.07, 6.45) is 3.80. The lowest BCUT2D eigenvalue weighted by Crippen LogP contribution is -2.48. The number of hydrogen-bond acceptors (Lipinski definition) is 4. The average molecular weight is 329 g/mol. The van der Waals surface area contributed by atoms with Gasteiger partial charge in [-0.25, -0.2) is 4.98 Å². The number of ether oxygens (including phenoxy) is 1. The van der Waals surface area contributed by atoms with Crippen LogP contribution in [0.25, 0.3) is 10.9 Å². The van der Waals surface area contributed by atoms with E-state index in [9.17, 15) is 9.59 Å². The van der Waals surface area contributed by atoms with Crippen molar-refractivity contribution in [1.29, 1.82) is 0 Å². The lowest BCUT2D eigenvalue weighted by molar-refractivity contribution is -0.140. The van der Waals surface area contributed by atoms with Crippen molar-refractivity contribution in [3.05, 3.63) is 40.9 Å². The molecule has 2 aromatic rings. The molecule has 1 atom stereocenters. The second-order valence-electron chi connectivity index (χ2n) is 6.11. The van der Waals surface area contributed by atoms with Crippen molar-refractivity contribution in [2.45, 2.75) is 38.8 Å². The lowest BCUT2D eigenvalue weighted by atomic mass is 10.1. The first-order valence-electron chi connectivity index (χ1n) is 8.52. The molecule has 0 N–H and O–H groups in total. The smallest absolute Gasteiger partial charge is 0.261 e. The van der Waals surface area contributed by atoms with Gasteiger partial charge in [0.15, 0.2) is 0 Å². The van der Waals surface area contributed by atoms with E-state index in [0.29, 0.717) is 43.6 Å². The van der Waals surface area contributed by atoms with E-state index < -0.39 is 0 Å². The number of rotatable bonds is 5. The summed E-state index contributed by atoms with van der Waals surface area (Å²) in [6.45, 7) is 4.29. The van der Waals surface area contributed by atoms with Crippen molar-refractivity contribution in [3.8, 4) is 0 Å². The average Bonchev–Trinajstić information content (AvgIpc) is 2.62. The van der Waals surface area contributed by atoms with Crippen LogP contribution >= 0.6 is 0 Å². The Kier molecular flexibility index (Phi) is 5.25. The Morgan fingerprint density at radius 1 is 1.38 bits per heavy atom. The van der Waals surface area contributed by atoms with Gasteiger partial charge in [0.25, 0.3) is 5.56 Å². The van der Waals surface area contributed by atoms with E-state index in [2.05, 4.69) is 11.9 Å². The van der Waals surface area contributed by atoms with Crippen molar-refractivity contribution in [2.24, 2.45) is 0 Å². The highest BCUT2D eigenvalue weighted by atomic mass is 16.5. The highest BCUT2D eigenvalue weighted by Gasteiger charge is 2.26. The Labute approximate surface area is 141 Å². The first-order valence-corrected chi connectivity index (χ1v) is 8.52. The Bertz CT molecular complexity index is 769. The Morgan fingerprint density at radius 3 is 3.04 bits per heavy atom. The molecule has 1 unspecified atom stereocenters. The molecule has 0 radical (unpaired) electrons. The van der Waals surface area contributed by atoms with Gasteiger partial charge in [0.05, 0.1) is 36.5 Å². The molecule has 0 saturated carbocycles. The summed E-state index contributed by atoms with van der Waals surface area (Å²) >= 11 is 0. The number of fused-ring (bicyclic) bond motifs is 1. The molecule has 24 heavy (non-hydrogen) atoms. The van der Waals surface area contributed by atoms with Crippen molar-refractivity contribution in [1.82, 2.24) is 14.5 Å². The molecule has 1 amide bonds. The summed E-state index contributed by atoms with van der Waals surface area (Å²) in [7, 11) is 0. The molecule has 3 rings (SSSR count). The Hall–Kier alpha value is -2.21. The van der Waals surface area contributed by atoms with Crippen LogP contribution in [0, 0.1) is 0 Å². The van der Waals surface area contributed by atoms with Gasteiger partial charge in [-0.15, -0.1) is 0 Å². The summed E-state index contributed by atoms with van der Waals surface area (Å²) in [4.78, 5) is 31.2. The third-order valence-corrected chi connectivity index (χ3v) is 4.47. The molecule has 1 fully saturated rings. The van der Waals surface area contributed by atoms with Gasteiger partial charge in [0.2, 0.25) is 5.91 Å². The van der Waals surface area contributed by atoms with Crippen LogP contribution in [-0.2, 0) is 16.1 Å². The van der Waals surface area contributed by atoms with Crippen LogP contribution < -0.4 is 5.56 Å². The summed E-state index contributed by atoms with van der Waals surface area (Å²) in [5, 5.41) is 0.586. The van der Waals surface area contributed by atoms with Crippen molar-refractivity contribution >= 4 is 16.8 Å². The first-order chi connectivity index (χ1) is 11.7. The fraction of sp³-hybridized carbons (Fsp3) is 0.500. The fourth-order valence-electron chi connectivity index (χ4n) is 3.18. The first kappa shape index (κ1) is 16.6. The van der Waals surface area contributed by atoms with Gasteiger partial charge in [-0.2, -0.15) is 0 Å². The molecule has 6 heteroatoms. The predicted molar refractivity (Wildman–Crippen MR) is 91.8 cm³/mol. The van der Waals surface area contributed by atoms with Crippen LogP contribution in [0.4, 0.5) is 0 Å². The maximum Gasteiger partial charge on any atom is 0.261 e. The number of aromatic nitrogens is 2. The number of carbonyl (C=O) groups is 1. The van der Waals surface area contributed by atoms with Gasteiger partial charge in [-0.3, -0.25) is 14.2 Å². The predicted octanol–water partition coefficient (Wildman–Crippen LogP) is 1.81. The quantitative estimate of drug-likeness (QED) is 0.839. The zero-order chi connectivity index (χ0) is 16.9.